The van der Waals surface area contributed by atoms with E-state index in [1.165, 1.54) is 0 Å². The van der Waals surface area contributed by atoms with Crippen LogP contribution in [0.2, 0.25) is 0 Å². The standard InChI is InChI=1S/C17H22N2O4S/c1-4-24-10-9-23-16(20)14-11(2)18-17(21)19-15(14)12-7-5-6-8-13(12)22-3/h5-8,15H,4,9-10H2,1-3H3,(H2,18,19,21). The third-order valence-electron chi connectivity index (χ3n) is 3.60. The highest BCUT2D eigenvalue weighted by Crippen LogP contribution is 2.33. The minimum absolute atomic E-state index is 0.334. The summed E-state index contributed by atoms with van der Waals surface area (Å²) in [7, 11) is 1.55. The van der Waals surface area contributed by atoms with E-state index in [1.807, 2.05) is 18.2 Å². The maximum Gasteiger partial charge on any atom is 0.338 e. The van der Waals surface area contributed by atoms with Gasteiger partial charge in [-0.1, -0.05) is 25.1 Å². The summed E-state index contributed by atoms with van der Waals surface area (Å²) in [5, 5.41) is 5.41. The maximum absolute atomic E-state index is 12.5. The molecular weight excluding hydrogens is 328 g/mol. The molecule has 1 aromatic rings. The number of esters is 1. The van der Waals surface area contributed by atoms with E-state index in [4.69, 9.17) is 9.47 Å². The highest BCUT2D eigenvalue weighted by Gasteiger charge is 2.33. The van der Waals surface area contributed by atoms with E-state index >= 15 is 0 Å². The Bertz CT molecular complexity index is 645. The molecule has 2 N–H and O–H groups in total. The molecule has 130 valence electrons. The number of hydrogen-bond donors (Lipinski definition) is 2. The predicted molar refractivity (Wildman–Crippen MR) is 94.1 cm³/mol. The molecule has 1 atom stereocenters. The SMILES string of the molecule is CCSCCOC(=O)C1=C(C)NC(=O)NC1c1ccccc1OC. The van der Waals surface area contributed by atoms with Gasteiger partial charge in [0.25, 0.3) is 0 Å². The Labute approximate surface area is 146 Å². The number of nitrogens with one attached hydrogen (secondary N) is 2. The molecule has 0 saturated carbocycles. The molecule has 0 aromatic heterocycles. The van der Waals surface area contributed by atoms with Crippen LogP contribution in [0, 0.1) is 0 Å². The smallest absolute Gasteiger partial charge is 0.338 e. The fourth-order valence-electron chi connectivity index (χ4n) is 2.52. The molecule has 0 fully saturated rings. The third kappa shape index (κ3) is 4.23. The van der Waals surface area contributed by atoms with Crippen LogP contribution in [0.3, 0.4) is 0 Å². The molecule has 2 rings (SSSR count). The second-order valence-corrected chi connectivity index (χ2v) is 6.54. The average molecular weight is 350 g/mol. The number of carbonyl (C=O) groups is 2. The molecule has 2 amide bonds. The van der Waals surface area contributed by atoms with E-state index in [2.05, 4.69) is 17.6 Å². The van der Waals surface area contributed by atoms with Crippen molar-refractivity contribution in [1.29, 1.82) is 0 Å². The quantitative estimate of drug-likeness (QED) is 0.584. The first-order valence-electron chi connectivity index (χ1n) is 7.74. The van der Waals surface area contributed by atoms with Crippen molar-refractivity contribution >= 4 is 23.8 Å². The lowest BCUT2D eigenvalue weighted by Gasteiger charge is -2.29. The molecule has 7 heteroatoms. The first-order valence-corrected chi connectivity index (χ1v) is 8.90. The lowest BCUT2D eigenvalue weighted by molar-refractivity contribution is -0.138. The van der Waals surface area contributed by atoms with Gasteiger partial charge in [0.1, 0.15) is 12.4 Å². The second kappa shape index (κ2) is 8.63. The van der Waals surface area contributed by atoms with Crippen LogP contribution in [0.1, 0.15) is 25.5 Å². The summed E-state index contributed by atoms with van der Waals surface area (Å²) in [5.41, 5.74) is 1.59. The number of methoxy groups -OCH3 is 1. The zero-order chi connectivity index (χ0) is 17.5. The molecule has 1 aliphatic rings. The molecule has 1 unspecified atom stereocenters. The number of para-hydroxylation sites is 1. The van der Waals surface area contributed by atoms with Crippen molar-refractivity contribution in [2.45, 2.75) is 19.9 Å². The number of allylic oxidation sites excluding steroid dienone is 1. The van der Waals surface area contributed by atoms with Gasteiger partial charge in [-0.2, -0.15) is 11.8 Å². The van der Waals surface area contributed by atoms with Gasteiger partial charge in [0, 0.05) is 17.0 Å². The molecule has 1 heterocycles. The van der Waals surface area contributed by atoms with E-state index in [0.717, 1.165) is 11.5 Å². The molecule has 0 spiro atoms. The minimum Gasteiger partial charge on any atom is -0.496 e. The first kappa shape index (κ1) is 18.2. The van der Waals surface area contributed by atoms with Crippen LogP contribution >= 0.6 is 11.8 Å². The molecule has 0 bridgehead atoms. The fraction of sp³-hybridized carbons (Fsp3) is 0.412. The summed E-state index contributed by atoms with van der Waals surface area (Å²) < 4.78 is 10.7. The van der Waals surface area contributed by atoms with Crippen molar-refractivity contribution < 1.29 is 19.1 Å². The molecular formula is C17H22N2O4S. The number of ether oxygens (including phenoxy) is 2. The van der Waals surface area contributed by atoms with Crippen molar-refractivity contribution in [1.82, 2.24) is 10.6 Å². The summed E-state index contributed by atoms with van der Waals surface area (Å²) in [6.45, 7) is 4.08. The van der Waals surface area contributed by atoms with Gasteiger partial charge < -0.3 is 20.1 Å². The van der Waals surface area contributed by atoms with Gasteiger partial charge in [-0.25, -0.2) is 9.59 Å². The number of hydrogen-bond acceptors (Lipinski definition) is 5. The lowest BCUT2D eigenvalue weighted by atomic mass is 9.95. The van der Waals surface area contributed by atoms with Crippen molar-refractivity contribution in [2.75, 3.05) is 25.2 Å². The number of thioether (sulfide) groups is 1. The number of amides is 2. The third-order valence-corrected chi connectivity index (χ3v) is 4.47. The van der Waals surface area contributed by atoms with Crippen molar-refractivity contribution in [2.24, 2.45) is 0 Å². The van der Waals surface area contributed by atoms with Crippen molar-refractivity contribution in [3.05, 3.63) is 41.1 Å². The Balaban J connectivity index is 2.28. The van der Waals surface area contributed by atoms with E-state index in [-0.39, 0.29) is 6.03 Å². The van der Waals surface area contributed by atoms with Gasteiger partial charge in [0.15, 0.2) is 0 Å². The van der Waals surface area contributed by atoms with Crippen molar-refractivity contribution in [3.8, 4) is 5.75 Å². The van der Waals surface area contributed by atoms with Gasteiger partial charge in [-0.05, 0) is 18.7 Å². The lowest BCUT2D eigenvalue weighted by Crippen LogP contribution is -2.45. The number of benzene rings is 1. The largest absolute Gasteiger partial charge is 0.496 e. The molecule has 6 nitrogen and oxygen atoms in total. The first-order chi connectivity index (χ1) is 11.6. The number of carbonyl (C=O) groups excluding carboxylic acids is 2. The van der Waals surface area contributed by atoms with Crippen LogP contribution in [0.5, 0.6) is 5.75 Å². The highest BCUT2D eigenvalue weighted by atomic mass is 32.2. The topological polar surface area (TPSA) is 76.7 Å². The Hall–Kier alpha value is -2.15. The second-order valence-electron chi connectivity index (χ2n) is 5.14. The van der Waals surface area contributed by atoms with Gasteiger partial charge in [0.05, 0.1) is 18.7 Å². The summed E-state index contributed by atoms with van der Waals surface area (Å²) in [4.78, 5) is 24.4. The Kier molecular flexibility index (Phi) is 6.54. The average Bonchev–Trinajstić information content (AvgIpc) is 2.57. The maximum atomic E-state index is 12.5. The monoisotopic (exact) mass is 350 g/mol. The van der Waals surface area contributed by atoms with Crippen molar-refractivity contribution in [3.63, 3.8) is 0 Å². The molecule has 1 aromatic carbocycles. The van der Waals surface area contributed by atoms with Crippen LogP contribution in [-0.2, 0) is 9.53 Å². The zero-order valence-electron chi connectivity index (χ0n) is 14.0. The fourth-order valence-corrected chi connectivity index (χ4v) is 3.01. The zero-order valence-corrected chi connectivity index (χ0v) is 14.9. The summed E-state index contributed by atoms with van der Waals surface area (Å²) in [6.07, 6.45) is 0. The summed E-state index contributed by atoms with van der Waals surface area (Å²) in [6, 6.07) is 6.31. The molecule has 0 saturated heterocycles. The normalized spacial score (nSPS) is 17.1. The Morgan fingerprint density at radius 2 is 2.08 bits per heavy atom. The highest BCUT2D eigenvalue weighted by molar-refractivity contribution is 7.99. The van der Waals surface area contributed by atoms with Crippen LogP contribution < -0.4 is 15.4 Å². The number of rotatable bonds is 7. The van der Waals surface area contributed by atoms with E-state index in [0.29, 0.717) is 29.2 Å². The van der Waals surface area contributed by atoms with Crippen LogP contribution in [0.25, 0.3) is 0 Å². The molecule has 0 radical (unpaired) electrons. The van der Waals surface area contributed by atoms with Gasteiger partial charge in [0.2, 0.25) is 0 Å². The van der Waals surface area contributed by atoms with Crippen LogP contribution in [0.4, 0.5) is 4.79 Å². The Morgan fingerprint density at radius 1 is 1.33 bits per heavy atom. The summed E-state index contributed by atoms with van der Waals surface area (Å²) in [5.74, 6) is 1.88. The van der Waals surface area contributed by atoms with E-state index in [9.17, 15) is 9.59 Å². The van der Waals surface area contributed by atoms with Crippen LogP contribution in [-0.4, -0.2) is 37.2 Å². The minimum atomic E-state index is -0.610. The summed E-state index contributed by atoms with van der Waals surface area (Å²) >= 11 is 1.70. The van der Waals surface area contributed by atoms with E-state index < -0.39 is 12.0 Å². The number of urea groups is 1. The predicted octanol–water partition coefficient (Wildman–Crippen LogP) is 2.62. The van der Waals surface area contributed by atoms with E-state index in [1.54, 1.807) is 31.9 Å². The Morgan fingerprint density at radius 3 is 2.79 bits per heavy atom. The van der Waals surface area contributed by atoms with Crippen LogP contribution in [0.15, 0.2) is 35.5 Å². The molecule has 24 heavy (non-hydrogen) atoms. The molecule has 0 aliphatic carbocycles. The van der Waals surface area contributed by atoms with Gasteiger partial charge in [-0.15, -0.1) is 0 Å². The molecule has 1 aliphatic heterocycles. The van der Waals surface area contributed by atoms with Gasteiger partial charge >= 0.3 is 12.0 Å². The van der Waals surface area contributed by atoms with Gasteiger partial charge in [-0.3, -0.25) is 0 Å².